The van der Waals surface area contributed by atoms with Crippen LogP contribution in [0, 0.1) is 11.6 Å². The highest BCUT2D eigenvalue weighted by molar-refractivity contribution is 5.67. The maximum atomic E-state index is 14.3. The molecule has 1 saturated heterocycles. The van der Waals surface area contributed by atoms with E-state index in [1.807, 2.05) is 6.07 Å². The van der Waals surface area contributed by atoms with Gasteiger partial charge in [-0.15, -0.1) is 0 Å². The van der Waals surface area contributed by atoms with Crippen LogP contribution in [0.25, 0.3) is 17.1 Å². The molecule has 134 valence electrons. The Hall–Kier alpha value is -2.80. The first kappa shape index (κ1) is 16.7. The number of imidazole rings is 1. The van der Waals surface area contributed by atoms with Gasteiger partial charge in [0.25, 0.3) is 0 Å². The van der Waals surface area contributed by atoms with Crippen LogP contribution in [-0.4, -0.2) is 33.7 Å². The molecule has 0 saturated carbocycles. The van der Waals surface area contributed by atoms with E-state index >= 15 is 0 Å². The molecule has 7 heteroatoms. The van der Waals surface area contributed by atoms with Crippen molar-refractivity contribution in [2.24, 2.45) is 5.73 Å². The number of benzene rings is 1. The van der Waals surface area contributed by atoms with Gasteiger partial charge in [-0.05, 0) is 31.0 Å². The summed E-state index contributed by atoms with van der Waals surface area (Å²) in [4.78, 5) is 10.6. The summed E-state index contributed by atoms with van der Waals surface area (Å²) in [6.07, 6.45) is 8.60. The van der Waals surface area contributed by atoms with E-state index in [0.717, 1.165) is 37.3 Å². The molecule has 2 N–H and O–H groups in total. The van der Waals surface area contributed by atoms with Crippen molar-refractivity contribution in [3.8, 4) is 17.1 Å². The van der Waals surface area contributed by atoms with Crippen LogP contribution in [0.5, 0.6) is 0 Å². The van der Waals surface area contributed by atoms with Crippen molar-refractivity contribution >= 4 is 5.69 Å². The standard InChI is InChI=1S/C19H19F2N5/c20-14-4-1-5-15(21)18(14)19-24-8-10-26(19)17-11-23-7-6-16(17)25-9-2-3-13(22)12-25/h1,4-8,10-11,13H,2-3,9,12,22H2/t13-/m0/s1. The van der Waals surface area contributed by atoms with E-state index < -0.39 is 11.6 Å². The fourth-order valence-corrected chi connectivity index (χ4v) is 3.45. The first-order chi connectivity index (χ1) is 12.6. The van der Waals surface area contributed by atoms with E-state index in [-0.39, 0.29) is 17.4 Å². The zero-order valence-corrected chi connectivity index (χ0v) is 14.1. The van der Waals surface area contributed by atoms with Gasteiger partial charge in [0, 0.05) is 37.7 Å². The third kappa shape index (κ3) is 2.94. The van der Waals surface area contributed by atoms with Gasteiger partial charge in [-0.3, -0.25) is 9.55 Å². The second-order valence-electron chi connectivity index (χ2n) is 6.43. The molecule has 4 rings (SSSR count). The van der Waals surface area contributed by atoms with Gasteiger partial charge in [0.2, 0.25) is 0 Å². The number of hydrogen-bond acceptors (Lipinski definition) is 4. The lowest BCUT2D eigenvalue weighted by molar-refractivity contribution is 0.505. The quantitative estimate of drug-likeness (QED) is 0.784. The zero-order valence-electron chi connectivity index (χ0n) is 14.1. The SMILES string of the molecule is N[C@H]1CCCN(c2ccncc2-n2ccnc2-c2c(F)cccc2F)C1. The Kier molecular flexibility index (Phi) is 4.38. The van der Waals surface area contributed by atoms with E-state index in [0.29, 0.717) is 0 Å². The number of nitrogens with zero attached hydrogens (tertiary/aromatic N) is 4. The molecule has 1 aliphatic rings. The van der Waals surface area contributed by atoms with Gasteiger partial charge in [-0.25, -0.2) is 13.8 Å². The summed E-state index contributed by atoms with van der Waals surface area (Å²) in [6.45, 7) is 1.61. The van der Waals surface area contributed by atoms with Gasteiger partial charge in [0.05, 0.1) is 23.1 Å². The van der Waals surface area contributed by atoms with Crippen LogP contribution in [0.15, 0.2) is 49.1 Å². The summed E-state index contributed by atoms with van der Waals surface area (Å²) >= 11 is 0. The summed E-state index contributed by atoms with van der Waals surface area (Å²) in [5, 5.41) is 0. The molecule has 3 aromatic rings. The van der Waals surface area contributed by atoms with E-state index in [4.69, 9.17) is 5.73 Å². The third-order valence-electron chi connectivity index (χ3n) is 4.66. The second-order valence-corrected chi connectivity index (χ2v) is 6.43. The van der Waals surface area contributed by atoms with Crippen molar-refractivity contribution in [1.29, 1.82) is 0 Å². The van der Waals surface area contributed by atoms with Crippen molar-refractivity contribution < 1.29 is 8.78 Å². The molecule has 0 aliphatic carbocycles. The van der Waals surface area contributed by atoms with E-state index in [1.165, 1.54) is 24.4 Å². The van der Waals surface area contributed by atoms with Gasteiger partial charge >= 0.3 is 0 Å². The topological polar surface area (TPSA) is 60.0 Å². The number of hydrogen-bond donors (Lipinski definition) is 1. The van der Waals surface area contributed by atoms with Crippen LogP contribution in [0.3, 0.4) is 0 Å². The Bertz CT molecular complexity index is 904. The Morgan fingerprint density at radius 1 is 1.08 bits per heavy atom. The number of halogens is 2. The fourth-order valence-electron chi connectivity index (χ4n) is 3.45. The Morgan fingerprint density at radius 3 is 2.65 bits per heavy atom. The number of anilines is 1. The summed E-state index contributed by atoms with van der Waals surface area (Å²) in [5.74, 6) is -1.10. The molecule has 2 aromatic heterocycles. The lowest BCUT2D eigenvalue weighted by atomic mass is 10.1. The third-order valence-corrected chi connectivity index (χ3v) is 4.66. The molecule has 26 heavy (non-hydrogen) atoms. The van der Waals surface area contributed by atoms with E-state index in [9.17, 15) is 8.78 Å². The van der Waals surface area contributed by atoms with Gasteiger partial charge in [0.1, 0.15) is 11.6 Å². The number of aromatic nitrogens is 3. The molecule has 1 atom stereocenters. The Labute approximate surface area is 150 Å². The molecule has 0 unspecified atom stereocenters. The van der Waals surface area contributed by atoms with Crippen molar-refractivity contribution in [3.63, 3.8) is 0 Å². The molecular formula is C19H19F2N5. The predicted octanol–water partition coefficient (Wildman–Crippen LogP) is 3.14. The molecule has 0 radical (unpaired) electrons. The van der Waals surface area contributed by atoms with Gasteiger partial charge in [-0.2, -0.15) is 0 Å². The van der Waals surface area contributed by atoms with Crippen LogP contribution in [0.1, 0.15) is 12.8 Å². The molecule has 1 aromatic carbocycles. The minimum Gasteiger partial charge on any atom is -0.368 e. The molecular weight excluding hydrogens is 336 g/mol. The summed E-state index contributed by atoms with van der Waals surface area (Å²) in [5.41, 5.74) is 7.61. The normalized spacial score (nSPS) is 17.5. The predicted molar refractivity (Wildman–Crippen MR) is 96.1 cm³/mol. The summed E-state index contributed by atoms with van der Waals surface area (Å²) in [7, 11) is 0. The number of pyridine rings is 1. The van der Waals surface area contributed by atoms with E-state index in [2.05, 4.69) is 14.9 Å². The maximum Gasteiger partial charge on any atom is 0.150 e. The summed E-state index contributed by atoms with van der Waals surface area (Å²) < 4.78 is 30.2. The average Bonchev–Trinajstić information content (AvgIpc) is 3.11. The molecule has 3 heterocycles. The van der Waals surface area contributed by atoms with Crippen molar-refractivity contribution in [1.82, 2.24) is 14.5 Å². The van der Waals surface area contributed by atoms with E-state index in [1.54, 1.807) is 23.2 Å². The zero-order chi connectivity index (χ0) is 18.1. The smallest absolute Gasteiger partial charge is 0.150 e. The molecule has 1 fully saturated rings. The number of rotatable bonds is 3. The lowest BCUT2D eigenvalue weighted by Crippen LogP contribution is -2.43. The van der Waals surface area contributed by atoms with Gasteiger partial charge in [0.15, 0.2) is 5.82 Å². The second kappa shape index (κ2) is 6.84. The van der Waals surface area contributed by atoms with Crippen LogP contribution in [-0.2, 0) is 0 Å². The minimum atomic E-state index is -0.650. The molecule has 5 nitrogen and oxygen atoms in total. The first-order valence-corrected chi connectivity index (χ1v) is 8.58. The Morgan fingerprint density at radius 2 is 1.88 bits per heavy atom. The average molecular weight is 355 g/mol. The van der Waals surface area contributed by atoms with Crippen LogP contribution in [0.4, 0.5) is 14.5 Å². The Balaban J connectivity index is 1.83. The fraction of sp³-hybridized carbons (Fsp3) is 0.263. The minimum absolute atomic E-state index is 0.107. The number of piperidine rings is 1. The lowest BCUT2D eigenvalue weighted by Gasteiger charge is -2.33. The van der Waals surface area contributed by atoms with Gasteiger partial charge in [-0.1, -0.05) is 6.07 Å². The van der Waals surface area contributed by atoms with Crippen molar-refractivity contribution in [2.75, 3.05) is 18.0 Å². The largest absolute Gasteiger partial charge is 0.368 e. The van der Waals surface area contributed by atoms with Crippen LogP contribution >= 0.6 is 0 Å². The highest BCUT2D eigenvalue weighted by atomic mass is 19.1. The number of nitrogens with two attached hydrogens (primary N) is 1. The molecule has 0 amide bonds. The first-order valence-electron chi connectivity index (χ1n) is 8.58. The molecule has 1 aliphatic heterocycles. The highest BCUT2D eigenvalue weighted by Crippen LogP contribution is 2.31. The highest BCUT2D eigenvalue weighted by Gasteiger charge is 2.22. The monoisotopic (exact) mass is 355 g/mol. The molecule has 0 bridgehead atoms. The van der Waals surface area contributed by atoms with Crippen molar-refractivity contribution in [3.05, 3.63) is 60.7 Å². The van der Waals surface area contributed by atoms with Gasteiger partial charge < -0.3 is 10.6 Å². The molecule has 0 spiro atoms. The van der Waals surface area contributed by atoms with Crippen LogP contribution < -0.4 is 10.6 Å². The summed E-state index contributed by atoms with van der Waals surface area (Å²) in [6, 6.07) is 5.80. The maximum absolute atomic E-state index is 14.3. The van der Waals surface area contributed by atoms with Crippen LogP contribution in [0.2, 0.25) is 0 Å². The van der Waals surface area contributed by atoms with Crippen molar-refractivity contribution in [2.45, 2.75) is 18.9 Å².